The van der Waals surface area contributed by atoms with Crippen LogP contribution in [0.3, 0.4) is 0 Å². The molecule has 0 radical (unpaired) electrons. The number of ether oxygens (including phenoxy) is 2. The molecule has 0 saturated heterocycles. The standard InChI is InChI=1S/C35H35N3O4/c1-41-32-22-27-19-21-38(24-28(27)23-33(32)42-2)20-18-26-12-15-29(16-13-26)36-35(40)30-10-6-7-11-31(30)37-34(39)17-14-25-8-4-3-5-9-25/h3-17,22-23H,18-21,24H2,1-2H3,(H,36,40)(H,37,39)/b17-14+. The summed E-state index contributed by atoms with van der Waals surface area (Å²) in [6.45, 7) is 2.81. The monoisotopic (exact) mass is 561 g/mol. The van der Waals surface area contributed by atoms with Crippen LogP contribution < -0.4 is 20.1 Å². The van der Waals surface area contributed by atoms with E-state index in [0.29, 0.717) is 16.9 Å². The molecule has 4 aromatic rings. The van der Waals surface area contributed by atoms with Gasteiger partial charge in [0.2, 0.25) is 5.91 Å². The molecule has 0 aromatic heterocycles. The second kappa shape index (κ2) is 13.7. The van der Waals surface area contributed by atoms with Crippen LogP contribution in [0.1, 0.15) is 32.6 Å². The molecule has 0 saturated carbocycles. The summed E-state index contributed by atoms with van der Waals surface area (Å²) in [5.74, 6) is 0.950. The zero-order valence-corrected chi connectivity index (χ0v) is 23.9. The van der Waals surface area contributed by atoms with E-state index in [1.54, 1.807) is 44.6 Å². The first kappa shape index (κ1) is 28.6. The number of anilines is 2. The van der Waals surface area contributed by atoms with Gasteiger partial charge in [-0.15, -0.1) is 0 Å². The van der Waals surface area contributed by atoms with Crippen LogP contribution in [0, 0.1) is 0 Å². The molecule has 2 N–H and O–H groups in total. The number of para-hydroxylation sites is 1. The van der Waals surface area contributed by atoms with E-state index in [0.717, 1.165) is 49.5 Å². The average molecular weight is 562 g/mol. The third kappa shape index (κ3) is 7.25. The number of carbonyl (C=O) groups is 2. The summed E-state index contributed by atoms with van der Waals surface area (Å²) in [6, 6.07) is 28.7. The Balaban J connectivity index is 1.15. The van der Waals surface area contributed by atoms with Crippen molar-refractivity contribution in [2.24, 2.45) is 0 Å². The number of hydrogen-bond donors (Lipinski definition) is 2. The predicted octanol–water partition coefficient (Wildman–Crippen LogP) is 6.21. The van der Waals surface area contributed by atoms with Gasteiger partial charge in [-0.2, -0.15) is 0 Å². The summed E-state index contributed by atoms with van der Waals surface area (Å²) < 4.78 is 10.9. The molecule has 1 aliphatic heterocycles. The Morgan fingerprint density at radius 2 is 1.52 bits per heavy atom. The van der Waals surface area contributed by atoms with Gasteiger partial charge in [0.15, 0.2) is 11.5 Å². The van der Waals surface area contributed by atoms with E-state index in [-0.39, 0.29) is 11.8 Å². The van der Waals surface area contributed by atoms with Gasteiger partial charge in [-0.1, -0.05) is 54.6 Å². The highest BCUT2D eigenvalue weighted by molar-refractivity contribution is 6.11. The number of hydrogen-bond acceptors (Lipinski definition) is 5. The number of nitrogens with zero attached hydrogens (tertiary/aromatic N) is 1. The highest BCUT2D eigenvalue weighted by atomic mass is 16.5. The van der Waals surface area contributed by atoms with Crippen molar-refractivity contribution >= 4 is 29.3 Å². The van der Waals surface area contributed by atoms with Crippen LogP contribution in [0.2, 0.25) is 0 Å². The van der Waals surface area contributed by atoms with Gasteiger partial charge in [0.05, 0.1) is 25.5 Å². The number of fused-ring (bicyclic) bond motifs is 1. The van der Waals surface area contributed by atoms with Crippen molar-refractivity contribution in [3.63, 3.8) is 0 Å². The Morgan fingerprint density at radius 3 is 2.26 bits per heavy atom. The second-order valence-corrected chi connectivity index (χ2v) is 10.2. The Kier molecular flexibility index (Phi) is 9.31. The second-order valence-electron chi connectivity index (χ2n) is 10.2. The van der Waals surface area contributed by atoms with E-state index in [1.165, 1.54) is 22.8 Å². The van der Waals surface area contributed by atoms with Crippen molar-refractivity contribution in [1.82, 2.24) is 4.90 Å². The maximum Gasteiger partial charge on any atom is 0.257 e. The molecule has 214 valence electrons. The highest BCUT2D eigenvalue weighted by Crippen LogP contribution is 2.33. The molecule has 0 fully saturated rings. The van der Waals surface area contributed by atoms with Crippen LogP contribution in [0.5, 0.6) is 11.5 Å². The molecule has 1 aliphatic rings. The summed E-state index contributed by atoms with van der Waals surface area (Å²) in [4.78, 5) is 28.0. The van der Waals surface area contributed by atoms with Gasteiger partial charge < -0.3 is 20.1 Å². The van der Waals surface area contributed by atoms with E-state index in [2.05, 4.69) is 27.7 Å². The number of nitrogens with one attached hydrogen (secondary N) is 2. The van der Waals surface area contributed by atoms with E-state index in [4.69, 9.17) is 9.47 Å². The molecule has 5 rings (SSSR count). The summed E-state index contributed by atoms with van der Waals surface area (Å²) >= 11 is 0. The Bertz CT molecular complexity index is 1570. The summed E-state index contributed by atoms with van der Waals surface area (Å²) in [6.07, 6.45) is 5.08. The van der Waals surface area contributed by atoms with Crippen LogP contribution in [0.25, 0.3) is 6.08 Å². The molecule has 4 aromatic carbocycles. The summed E-state index contributed by atoms with van der Waals surface area (Å²) in [5, 5.41) is 5.77. The van der Waals surface area contributed by atoms with Gasteiger partial charge in [-0.25, -0.2) is 0 Å². The predicted molar refractivity (Wildman–Crippen MR) is 167 cm³/mol. The first-order chi connectivity index (χ1) is 20.5. The SMILES string of the molecule is COc1cc2c(cc1OC)CN(CCc1ccc(NC(=O)c3ccccc3NC(=O)/C=C/c3ccccc3)cc1)CC2. The van der Waals surface area contributed by atoms with E-state index < -0.39 is 0 Å². The molecule has 7 nitrogen and oxygen atoms in total. The van der Waals surface area contributed by atoms with Crippen LogP contribution in [0.15, 0.2) is 97.1 Å². The van der Waals surface area contributed by atoms with Gasteiger partial charge in [0.1, 0.15) is 0 Å². The van der Waals surface area contributed by atoms with Crippen LogP contribution in [-0.4, -0.2) is 44.0 Å². The number of amides is 2. The van der Waals surface area contributed by atoms with Crippen molar-refractivity contribution < 1.29 is 19.1 Å². The third-order valence-electron chi connectivity index (χ3n) is 7.38. The van der Waals surface area contributed by atoms with E-state index >= 15 is 0 Å². The van der Waals surface area contributed by atoms with E-state index in [1.807, 2.05) is 54.6 Å². The molecular weight excluding hydrogens is 526 g/mol. The average Bonchev–Trinajstić information content (AvgIpc) is 3.03. The van der Waals surface area contributed by atoms with Crippen molar-refractivity contribution in [2.45, 2.75) is 19.4 Å². The zero-order valence-electron chi connectivity index (χ0n) is 23.9. The minimum atomic E-state index is -0.306. The van der Waals surface area contributed by atoms with Crippen molar-refractivity contribution in [3.05, 3.63) is 125 Å². The number of rotatable bonds is 10. The third-order valence-corrected chi connectivity index (χ3v) is 7.38. The minimum absolute atomic E-state index is 0.287. The fourth-order valence-corrected chi connectivity index (χ4v) is 5.07. The van der Waals surface area contributed by atoms with Gasteiger partial charge in [-0.05, 0) is 77.6 Å². The Morgan fingerprint density at radius 1 is 0.833 bits per heavy atom. The van der Waals surface area contributed by atoms with Crippen molar-refractivity contribution in [2.75, 3.05) is 37.9 Å². The molecule has 2 amide bonds. The highest BCUT2D eigenvalue weighted by Gasteiger charge is 2.19. The largest absolute Gasteiger partial charge is 0.493 e. The molecule has 7 heteroatoms. The lowest BCUT2D eigenvalue weighted by molar-refractivity contribution is -0.111. The Hall–Kier alpha value is -4.88. The Labute approximate surface area is 246 Å². The van der Waals surface area contributed by atoms with Gasteiger partial charge in [-0.3, -0.25) is 14.5 Å². The van der Waals surface area contributed by atoms with Gasteiger partial charge in [0, 0.05) is 31.4 Å². The summed E-state index contributed by atoms with van der Waals surface area (Å²) in [7, 11) is 3.33. The van der Waals surface area contributed by atoms with Crippen LogP contribution in [-0.2, 0) is 24.2 Å². The molecule has 0 spiro atoms. The lowest BCUT2D eigenvalue weighted by Crippen LogP contribution is -2.32. The lowest BCUT2D eigenvalue weighted by Gasteiger charge is -2.29. The molecule has 0 aliphatic carbocycles. The molecule has 0 unspecified atom stereocenters. The minimum Gasteiger partial charge on any atom is -0.493 e. The van der Waals surface area contributed by atoms with Crippen molar-refractivity contribution in [3.8, 4) is 11.5 Å². The fraction of sp³-hybridized carbons (Fsp3) is 0.200. The quantitative estimate of drug-likeness (QED) is 0.225. The summed E-state index contributed by atoms with van der Waals surface area (Å²) in [5.41, 5.74) is 6.25. The first-order valence-corrected chi connectivity index (χ1v) is 14.0. The maximum atomic E-state index is 13.1. The smallest absolute Gasteiger partial charge is 0.257 e. The molecule has 0 bridgehead atoms. The molecule has 0 atom stereocenters. The molecule has 1 heterocycles. The molecule has 42 heavy (non-hydrogen) atoms. The zero-order chi connectivity index (χ0) is 29.3. The fourth-order valence-electron chi connectivity index (χ4n) is 5.07. The molecular formula is C35H35N3O4. The van der Waals surface area contributed by atoms with Gasteiger partial charge >= 0.3 is 0 Å². The number of carbonyl (C=O) groups excluding carboxylic acids is 2. The number of benzene rings is 4. The topological polar surface area (TPSA) is 79.9 Å². The maximum absolute atomic E-state index is 13.1. The lowest BCUT2D eigenvalue weighted by atomic mass is 9.98. The van der Waals surface area contributed by atoms with Gasteiger partial charge in [0.25, 0.3) is 5.91 Å². The van der Waals surface area contributed by atoms with Crippen LogP contribution >= 0.6 is 0 Å². The van der Waals surface area contributed by atoms with Crippen molar-refractivity contribution in [1.29, 1.82) is 0 Å². The van der Waals surface area contributed by atoms with E-state index in [9.17, 15) is 9.59 Å². The van der Waals surface area contributed by atoms with Crippen LogP contribution in [0.4, 0.5) is 11.4 Å². The normalized spacial score (nSPS) is 12.9. The number of methoxy groups -OCH3 is 2. The first-order valence-electron chi connectivity index (χ1n) is 14.0.